The topological polar surface area (TPSA) is 70.7 Å². The number of carbonyl (C=O) groups excluding carboxylic acids is 1. The van der Waals surface area contributed by atoms with Gasteiger partial charge < -0.3 is 19.1 Å². The van der Waals surface area contributed by atoms with Crippen molar-refractivity contribution in [3.05, 3.63) is 69.8 Å². The quantitative estimate of drug-likeness (QED) is 0.665. The van der Waals surface area contributed by atoms with Gasteiger partial charge in [-0.15, -0.1) is 0 Å². The number of aliphatic hydroxyl groups excluding tert-OH is 1. The molecule has 1 fully saturated rings. The summed E-state index contributed by atoms with van der Waals surface area (Å²) < 4.78 is 3.97. The molecule has 2 bridgehead atoms. The van der Waals surface area contributed by atoms with Crippen LogP contribution in [0.3, 0.4) is 0 Å². The number of nitrogens with zero attached hydrogens (tertiary/aromatic N) is 4. The van der Waals surface area contributed by atoms with Crippen LogP contribution in [0.15, 0.2) is 47.3 Å². The fourth-order valence-corrected chi connectivity index (χ4v) is 6.34. The minimum absolute atomic E-state index is 0.0363. The summed E-state index contributed by atoms with van der Waals surface area (Å²) in [5, 5.41) is 12.3. The number of aliphatic hydroxyl groups is 1. The molecule has 1 aromatic carbocycles. The van der Waals surface area contributed by atoms with Gasteiger partial charge in [0.15, 0.2) is 0 Å². The molecule has 5 heterocycles. The van der Waals surface area contributed by atoms with E-state index >= 15 is 0 Å². The Bertz CT molecular complexity index is 1290. The van der Waals surface area contributed by atoms with E-state index in [0.29, 0.717) is 24.9 Å². The molecule has 1 amide bonds. The lowest BCUT2D eigenvalue weighted by Gasteiger charge is -2.43. The van der Waals surface area contributed by atoms with E-state index in [1.54, 1.807) is 11.0 Å². The maximum absolute atomic E-state index is 13.0. The van der Waals surface area contributed by atoms with E-state index in [2.05, 4.69) is 17.0 Å². The zero-order chi connectivity index (χ0) is 22.7. The van der Waals surface area contributed by atoms with E-state index in [4.69, 9.17) is 0 Å². The molecular weight excluding hydrogens is 416 g/mol. The fourth-order valence-electron chi connectivity index (χ4n) is 6.34. The van der Waals surface area contributed by atoms with E-state index < -0.39 is 6.10 Å². The Labute approximate surface area is 192 Å². The van der Waals surface area contributed by atoms with Crippen LogP contribution in [-0.2, 0) is 19.5 Å². The van der Waals surface area contributed by atoms with E-state index in [1.165, 1.54) is 0 Å². The number of carbonyl (C=O) groups is 1. The Morgan fingerprint density at radius 3 is 2.76 bits per heavy atom. The molecule has 0 radical (unpaired) electrons. The van der Waals surface area contributed by atoms with Crippen LogP contribution >= 0.6 is 0 Å². The molecule has 0 saturated carbocycles. The number of pyridine rings is 1. The molecule has 0 spiro atoms. The van der Waals surface area contributed by atoms with Crippen molar-refractivity contribution in [3.63, 3.8) is 0 Å². The second-order valence-corrected chi connectivity index (χ2v) is 10.0. The van der Waals surface area contributed by atoms with E-state index in [0.717, 1.165) is 66.9 Å². The van der Waals surface area contributed by atoms with Crippen LogP contribution < -0.4 is 5.56 Å². The highest BCUT2D eigenvalue weighted by Gasteiger charge is 2.35. The first-order chi connectivity index (χ1) is 16.0. The molecule has 3 aromatic rings. The van der Waals surface area contributed by atoms with Crippen LogP contribution in [-0.4, -0.2) is 69.3 Å². The molecule has 1 N–H and O–H groups in total. The molecule has 1 saturated heterocycles. The number of hydrogen-bond donors (Lipinski definition) is 1. The maximum atomic E-state index is 13.0. The Hall–Kier alpha value is -2.90. The van der Waals surface area contributed by atoms with Crippen LogP contribution in [0, 0.1) is 5.92 Å². The number of amides is 1. The maximum Gasteiger partial charge on any atom is 0.270 e. The highest BCUT2D eigenvalue weighted by atomic mass is 16.3. The van der Waals surface area contributed by atoms with Crippen molar-refractivity contribution in [1.82, 2.24) is 18.9 Å². The van der Waals surface area contributed by atoms with Gasteiger partial charge in [0.2, 0.25) is 0 Å². The van der Waals surface area contributed by atoms with Crippen LogP contribution in [0.1, 0.15) is 34.1 Å². The van der Waals surface area contributed by atoms with Gasteiger partial charge in [-0.1, -0.05) is 24.3 Å². The van der Waals surface area contributed by atoms with Gasteiger partial charge in [0.25, 0.3) is 11.5 Å². The van der Waals surface area contributed by atoms with Crippen molar-refractivity contribution in [2.24, 2.45) is 5.92 Å². The summed E-state index contributed by atoms with van der Waals surface area (Å²) in [5.41, 5.74) is 4.07. The SMILES string of the molecule is CN1CCc2c(n(CC(O)CN3CC4C[C@@H](C3)Cn3c4cccc3=O)c3ccccc23)C1=O. The molecule has 33 heavy (non-hydrogen) atoms. The van der Waals surface area contributed by atoms with E-state index in [1.807, 2.05) is 40.4 Å². The van der Waals surface area contributed by atoms with Crippen molar-refractivity contribution in [1.29, 1.82) is 0 Å². The minimum Gasteiger partial charge on any atom is -0.390 e. The summed E-state index contributed by atoms with van der Waals surface area (Å²) in [7, 11) is 1.85. The van der Waals surface area contributed by atoms with Gasteiger partial charge in [-0.05, 0) is 36.5 Å². The first kappa shape index (κ1) is 20.7. The molecule has 172 valence electrons. The third-order valence-corrected chi connectivity index (χ3v) is 7.74. The Balaban J connectivity index is 1.24. The number of para-hydroxylation sites is 1. The van der Waals surface area contributed by atoms with Crippen molar-refractivity contribution in [2.45, 2.75) is 38.0 Å². The molecule has 2 aromatic heterocycles. The highest BCUT2D eigenvalue weighted by molar-refractivity contribution is 6.02. The first-order valence-corrected chi connectivity index (χ1v) is 12.0. The van der Waals surface area contributed by atoms with E-state index in [9.17, 15) is 14.7 Å². The predicted octanol–water partition coefficient (Wildman–Crippen LogP) is 1.91. The van der Waals surface area contributed by atoms with Gasteiger partial charge in [-0.25, -0.2) is 0 Å². The number of likely N-dealkylation sites (N-methyl/N-ethyl adjacent to an activating group) is 1. The number of piperidine rings is 1. The molecule has 3 atom stereocenters. The molecule has 0 aliphatic carbocycles. The Morgan fingerprint density at radius 2 is 1.88 bits per heavy atom. The molecule has 3 aliphatic rings. The summed E-state index contributed by atoms with van der Waals surface area (Å²) >= 11 is 0. The third kappa shape index (κ3) is 3.42. The van der Waals surface area contributed by atoms with Crippen molar-refractivity contribution in [2.75, 3.05) is 33.2 Å². The van der Waals surface area contributed by atoms with Crippen molar-refractivity contribution >= 4 is 16.8 Å². The van der Waals surface area contributed by atoms with Gasteiger partial charge in [0.1, 0.15) is 5.69 Å². The number of aromatic nitrogens is 2. The summed E-state index contributed by atoms with van der Waals surface area (Å²) in [5.74, 6) is 0.794. The predicted molar refractivity (Wildman–Crippen MR) is 127 cm³/mol. The minimum atomic E-state index is -0.582. The summed E-state index contributed by atoms with van der Waals surface area (Å²) in [6, 6.07) is 13.7. The largest absolute Gasteiger partial charge is 0.390 e. The lowest BCUT2D eigenvalue weighted by Crippen LogP contribution is -2.49. The number of rotatable bonds is 4. The molecule has 2 unspecified atom stereocenters. The average Bonchev–Trinajstić information content (AvgIpc) is 3.11. The molecule has 7 heteroatoms. The van der Waals surface area contributed by atoms with Gasteiger partial charge in [0, 0.05) is 68.4 Å². The third-order valence-electron chi connectivity index (χ3n) is 7.74. The number of fused-ring (bicyclic) bond motifs is 7. The number of likely N-dealkylation sites (tertiary alicyclic amines) is 1. The zero-order valence-electron chi connectivity index (χ0n) is 19.0. The van der Waals surface area contributed by atoms with Crippen LogP contribution in [0.25, 0.3) is 10.9 Å². The summed E-state index contributed by atoms with van der Waals surface area (Å²) in [6.07, 6.45) is 1.36. The normalized spacial score (nSPS) is 23.5. The zero-order valence-corrected chi connectivity index (χ0v) is 19.0. The molecular formula is C26H30N4O3. The average molecular weight is 447 g/mol. The first-order valence-electron chi connectivity index (χ1n) is 12.0. The Morgan fingerprint density at radius 1 is 1.03 bits per heavy atom. The summed E-state index contributed by atoms with van der Waals surface area (Å²) in [6.45, 7) is 4.19. The van der Waals surface area contributed by atoms with Gasteiger partial charge in [0.05, 0.1) is 12.6 Å². The highest BCUT2D eigenvalue weighted by Crippen LogP contribution is 2.35. The van der Waals surface area contributed by atoms with E-state index in [-0.39, 0.29) is 11.5 Å². The fraction of sp³-hybridized carbons (Fsp3) is 0.462. The lowest BCUT2D eigenvalue weighted by atomic mass is 9.83. The number of hydrogen-bond acceptors (Lipinski definition) is 4. The summed E-state index contributed by atoms with van der Waals surface area (Å²) in [4.78, 5) is 29.4. The second kappa shape index (κ2) is 7.85. The molecule has 7 nitrogen and oxygen atoms in total. The van der Waals surface area contributed by atoms with Crippen molar-refractivity contribution < 1.29 is 9.90 Å². The second-order valence-electron chi connectivity index (χ2n) is 10.0. The monoisotopic (exact) mass is 446 g/mol. The smallest absolute Gasteiger partial charge is 0.270 e. The van der Waals surface area contributed by atoms with Gasteiger partial charge in [-0.3, -0.25) is 14.5 Å². The van der Waals surface area contributed by atoms with Gasteiger partial charge in [-0.2, -0.15) is 0 Å². The van der Waals surface area contributed by atoms with Crippen LogP contribution in [0.5, 0.6) is 0 Å². The van der Waals surface area contributed by atoms with Gasteiger partial charge >= 0.3 is 0 Å². The van der Waals surface area contributed by atoms with Crippen molar-refractivity contribution in [3.8, 4) is 0 Å². The number of β-amino-alcohol motifs (C(OH)–C–C–N with tert-alkyl or cyclic N) is 1. The van der Waals surface area contributed by atoms with Crippen LogP contribution in [0.2, 0.25) is 0 Å². The molecule has 3 aliphatic heterocycles. The molecule has 6 rings (SSSR count). The number of benzene rings is 1. The Kier molecular flexibility index (Phi) is 4.92. The standard InChI is InChI=1S/C26H30N4O3/c1-27-10-9-21-20-5-2-3-6-23(20)30(25(21)26(27)33)16-19(31)15-28-12-17-11-18(14-28)22-7-4-8-24(32)29(22)13-17/h2-8,17-19,31H,9-16H2,1H3/t17-,18?,19?/m0/s1. The lowest BCUT2D eigenvalue weighted by molar-refractivity contribution is 0.0542. The van der Waals surface area contributed by atoms with Crippen LogP contribution in [0.4, 0.5) is 0 Å².